The minimum atomic E-state index is 0.911. The van der Waals surface area contributed by atoms with Crippen LogP contribution in [0.25, 0.3) is 106 Å². The molecule has 280 valence electrons. The average Bonchev–Trinajstić information content (AvgIpc) is 4.00. The Balaban J connectivity index is 0.958. The zero-order valence-corrected chi connectivity index (χ0v) is 33.9. The first-order chi connectivity index (χ1) is 29.7. The number of furan rings is 1. The number of nitrogens with zero attached hydrogens (tertiary/aromatic N) is 1. The van der Waals surface area contributed by atoms with Crippen LogP contribution in [0.1, 0.15) is 0 Å². The largest absolute Gasteiger partial charge is 0.456 e. The number of benzene rings is 10. The van der Waals surface area contributed by atoms with Gasteiger partial charge in [-0.2, -0.15) is 0 Å². The summed E-state index contributed by atoms with van der Waals surface area (Å²) in [5, 5.41) is 12.6. The first-order valence-corrected chi connectivity index (χ1v) is 22.0. The average molecular weight is 800 g/mol. The highest BCUT2D eigenvalue weighted by molar-refractivity contribution is 7.27. The predicted octanol–water partition coefficient (Wildman–Crippen LogP) is 17.4. The van der Waals surface area contributed by atoms with Gasteiger partial charge in [0.25, 0.3) is 0 Å². The number of thiophene rings is 2. The van der Waals surface area contributed by atoms with Gasteiger partial charge >= 0.3 is 0 Å². The molecular weight excluding hydrogens is 767 g/mol. The van der Waals surface area contributed by atoms with Crippen LogP contribution in [0.3, 0.4) is 0 Å². The van der Waals surface area contributed by atoms with Gasteiger partial charge in [-0.15, -0.1) is 22.7 Å². The van der Waals surface area contributed by atoms with E-state index in [1.54, 1.807) is 0 Å². The summed E-state index contributed by atoms with van der Waals surface area (Å²) >= 11 is 3.71. The third kappa shape index (κ3) is 5.11. The lowest BCUT2D eigenvalue weighted by Gasteiger charge is -2.26. The lowest BCUT2D eigenvalue weighted by atomic mass is 9.93. The number of hydrogen-bond donors (Lipinski definition) is 0. The zero-order chi connectivity index (χ0) is 39.3. The van der Waals surface area contributed by atoms with E-state index < -0.39 is 0 Å². The molecule has 0 bridgehead atoms. The maximum absolute atomic E-state index is 6.54. The maximum atomic E-state index is 6.54. The van der Waals surface area contributed by atoms with Crippen molar-refractivity contribution in [1.29, 1.82) is 0 Å². The molecule has 2 nitrogen and oxygen atoms in total. The Hall–Kier alpha value is -7.24. The van der Waals surface area contributed by atoms with E-state index in [0.29, 0.717) is 0 Å². The van der Waals surface area contributed by atoms with Crippen LogP contribution >= 0.6 is 22.7 Å². The van der Waals surface area contributed by atoms with Crippen LogP contribution in [-0.4, -0.2) is 0 Å². The number of hydrogen-bond acceptors (Lipinski definition) is 4. The Morgan fingerprint density at radius 3 is 1.67 bits per heavy atom. The van der Waals surface area contributed by atoms with E-state index in [1.165, 1.54) is 89.4 Å². The molecule has 0 saturated heterocycles. The highest BCUT2D eigenvalue weighted by Gasteiger charge is 2.20. The number of fused-ring (bicyclic) bond motifs is 13. The van der Waals surface area contributed by atoms with Gasteiger partial charge in [-0.25, -0.2) is 0 Å². The number of anilines is 3. The van der Waals surface area contributed by atoms with Gasteiger partial charge < -0.3 is 9.32 Å². The van der Waals surface area contributed by atoms with Gasteiger partial charge in [-0.1, -0.05) is 127 Å². The minimum Gasteiger partial charge on any atom is -0.456 e. The Morgan fingerprint density at radius 1 is 0.333 bits per heavy atom. The molecule has 0 aliphatic carbocycles. The molecule has 0 unspecified atom stereocenters. The van der Waals surface area contributed by atoms with E-state index >= 15 is 0 Å². The van der Waals surface area contributed by atoms with Crippen LogP contribution in [0.2, 0.25) is 0 Å². The van der Waals surface area contributed by atoms with Crippen LogP contribution in [0, 0.1) is 0 Å². The molecule has 10 aromatic carbocycles. The molecule has 13 rings (SSSR count). The van der Waals surface area contributed by atoms with Gasteiger partial charge in [-0.05, 0) is 117 Å². The van der Waals surface area contributed by atoms with Crippen molar-refractivity contribution in [3.8, 4) is 22.3 Å². The Kier molecular flexibility index (Phi) is 7.38. The van der Waals surface area contributed by atoms with Gasteiger partial charge in [0.05, 0.1) is 0 Å². The highest BCUT2D eigenvalue weighted by Crippen LogP contribution is 2.46. The fourth-order valence-electron chi connectivity index (χ4n) is 9.50. The Bertz CT molecular complexity index is 3830. The van der Waals surface area contributed by atoms with Crippen LogP contribution in [-0.2, 0) is 0 Å². The van der Waals surface area contributed by atoms with Crippen LogP contribution in [0.15, 0.2) is 205 Å². The fourth-order valence-corrected chi connectivity index (χ4v) is 11.9. The predicted molar refractivity (Wildman–Crippen MR) is 260 cm³/mol. The molecule has 0 spiro atoms. The normalized spacial score (nSPS) is 12.0. The summed E-state index contributed by atoms with van der Waals surface area (Å²) in [4.78, 5) is 2.39. The summed E-state index contributed by atoms with van der Waals surface area (Å²) < 4.78 is 11.7. The second kappa shape index (κ2) is 13.1. The van der Waals surface area contributed by atoms with Crippen LogP contribution < -0.4 is 4.90 Å². The van der Waals surface area contributed by atoms with Gasteiger partial charge in [0, 0.05) is 68.2 Å². The standard InChI is InChI=1S/C56H33NOS2/c1-2-11-40-36(10-1)32-48(43-13-4-3-12-42(40)43)35-22-26-38(27-23-35)57(39-28-29-46-44-14-5-7-18-51(44)59-53(46)33-39)37-24-20-34(21-25-37)41-16-9-17-49-54(41)55-50(58-49)31-30-47-45-15-6-8-19-52(45)60-56(47)55/h1-33H. The van der Waals surface area contributed by atoms with Crippen LogP contribution in [0.4, 0.5) is 17.1 Å². The SMILES string of the molecule is c1ccc2c(c1)cc(-c1ccc(N(c3ccc(-c4cccc5oc6ccc7c8ccccc8sc7c6c45)cc3)c3ccc4c(c3)sc3ccccc34)cc1)c1ccccc12. The quantitative estimate of drug-likeness (QED) is 0.161. The molecule has 0 saturated carbocycles. The molecule has 13 aromatic rings. The summed E-state index contributed by atoms with van der Waals surface area (Å²) in [6.07, 6.45) is 0. The molecule has 0 fully saturated rings. The van der Waals surface area contributed by atoms with Crippen molar-refractivity contribution < 1.29 is 4.42 Å². The van der Waals surface area contributed by atoms with E-state index in [9.17, 15) is 0 Å². The minimum absolute atomic E-state index is 0.911. The number of rotatable bonds is 5. The molecule has 0 aliphatic rings. The first-order valence-electron chi connectivity index (χ1n) is 20.3. The third-order valence-corrected chi connectivity index (χ3v) is 14.6. The molecule has 0 atom stereocenters. The lowest BCUT2D eigenvalue weighted by Crippen LogP contribution is -2.09. The van der Waals surface area contributed by atoms with E-state index in [2.05, 4.69) is 205 Å². The highest BCUT2D eigenvalue weighted by atomic mass is 32.1. The summed E-state index contributed by atoms with van der Waals surface area (Å²) in [5.41, 5.74) is 9.94. The maximum Gasteiger partial charge on any atom is 0.136 e. The van der Waals surface area contributed by atoms with E-state index in [4.69, 9.17) is 4.42 Å². The molecule has 60 heavy (non-hydrogen) atoms. The Morgan fingerprint density at radius 2 is 0.900 bits per heavy atom. The Labute approximate surface area is 353 Å². The molecule has 3 heterocycles. The van der Waals surface area contributed by atoms with Gasteiger partial charge in [0.1, 0.15) is 11.2 Å². The van der Waals surface area contributed by atoms with Crippen molar-refractivity contribution in [3.05, 3.63) is 200 Å². The zero-order valence-electron chi connectivity index (χ0n) is 32.2. The second-order valence-corrected chi connectivity index (χ2v) is 17.7. The third-order valence-electron chi connectivity index (χ3n) is 12.3. The smallest absolute Gasteiger partial charge is 0.136 e. The molecule has 4 heteroatoms. The summed E-state index contributed by atoms with van der Waals surface area (Å²) in [6, 6.07) is 73.2. The van der Waals surface area contributed by atoms with Gasteiger partial charge in [0.15, 0.2) is 0 Å². The van der Waals surface area contributed by atoms with E-state index in [0.717, 1.165) is 33.8 Å². The summed E-state index contributed by atoms with van der Waals surface area (Å²) in [5.74, 6) is 0. The van der Waals surface area contributed by atoms with Gasteiger partial charge in [-0.3, -0.25) is 0 Å². The monoisotopic (exact) mass is 799 g/mol. The first kappa shape index (κ1) is 33.7. The molecule has 0 N–H and O–H groups in total. The van der Waals surface area contributed by atoms with E-state index in [1.807, 2.05) is 22.7 Å². The molecule has 3 aromatic heterocycles. The molecule has 0 radical (unpaired) electrons. The van der Waals surface area contributed by atoms with Crippen molar-refractivity contribution in [2.75, 3.05) is 4.90 Å². The fraction of sp³-hybridized carbons (Fsp3) is 0. The van der Waals surface area contributed by atoms with Crippen LogP contribution in [0.5, 0.6) is 0 Å². The molecule has 0 amide bonds. The van der Waals surface area contributed by atoms with E-state index in [-0.39, 0.29) is 0 Å². The lowest BCUT2D eigenvalue weighted by molar-refractivity contribution is 0.669. The summed E-state index contributed by atoms with van der Waals surface area (Å²) in [7, 11) is 0. The van der Waals surface area contributed by atoms with Crippen molar-refractivity contribution in [2.45, 2.75) is 0 Å². The van der Waals surface area contributed by atoms with Crippen molar-refractivity contribution in [3.63, 3.8) is 0 Å². The van der Waals surface area contributed by atoms with Crippen molar-refractivity contribution in [2.24, 2.45) is 0 Å². The van der Waals surface area contributed by atoms with Crippen molar-refractivity contribution in [1.82, 2.24) is 0 Å². The summed E-state index contributed by atoms with van der Waals surface area (Å²) in [6.45, 7) is 0. The second-order valence-electron chi connectivity index (χ2n) is 15.6. The molecule has 0 aliphatic heterocycles. The van der Waals surface area contributed by atoms with Gasteiger partial charge in [0.2, 0.25) is 0 Å². The van der Waals surface area contributed by atoms with Crippen molar-refractivity contribution >= 4 is 124 Å². The molecular formula is C56H33NOS2. The topological polar surface area (TPSA) is 16.4 Å².